The van der Waals surface area contributed by atoms with E-state index in [0.29, 0.717) is 22.6 Å². The second-order valence-corrected chi connectivity index (χ2v) is 8.91. The van der Waals surface area contributed by atoms with Gasteiger partial charge in [-0.2, -0.15) is 0 Å². The zero-order valence-electron chi connectivity index (χ0n) is 12.4. The van der Waals surface area contributed by atoms with E-state index >= 15 is 0 Å². The molecule has 0 radical (unpaired) electrons. The lowest BCUT2D eigenvalue weighted by Crippen LogP contribution is -2.30. The Balaban J connectivity index is 1.91. The molecule has 4 nitrogen and oxygen atoms in total. The van der Waals surface area contributed by atoms with E-state index in [-0.39, 0.29) is 5.91 Å². The molecule has 0 spiro atoms. The Morgan fingerprint density at radius 2 is 1.78 bits per heavy atom. The molecule has 0 N–H and O–H groups in total. The number of hydrogen-bond acceptors (Lipinski definition) is 2. The van der Waals surface area contributed by atoms with E-state index < -0.39 is 13.1 Å². The first-order valence-corrected chi connectivity index (χ1v) is 9.72. The molecule has 4 rings (SSSR count). The summed E-state index contributed by atoms with van der Waals surface area (Å²) in [5, 5.41) is 0.607. The standard InChI is InChI=1S/C17H14ClN2O2P/c1-2-23(22)17(11-7-9-12(18)10-8-11)20-15(19-23)13-5-3-4-6-14(13)16(20)21/h3-10,17H,2H2,1H3. The topological polar surface area (TPSA) is 49.7 Å². The van der Waals surface area contributed by atoms with Crippen LogP contribution in [0.2, 0.25) is 5.02 Å². The SMILES string of the molecule is CCP1(=O)N=C2c3ccccc3C(=O)N2C1c1ccc(Cl)cc1. The Kier molecular flexibility index (Phi) is 3.22. The van der Waals surface area contributed by atoms with Gasteiger partial charge in [-0.25, -0.2) is 4.76 Å². The van der Waals surface area contributed by atoms with Crippen LogP contribution < -0.4 is 0 Å². The van der Waals surface area contributed by atoms with Gasteiger partial charge in [0.1, 0.15) is 11.6 Å². The number of amidine groups is 1. The Morgan fingerprint density at radius 1 is 1.13 bits per heavy atom. The van der Waals surface area contributed by atoms with Gasteiger partial charge >= 0.3 is 0 Å². The van der Waals surface area contributed by atoms with Crippen molar-refractivity contribution in [3.05, 3.63) is 70.2 Å². The van der Waals surface area contributed by atoms with Crippen LogP contribution in [0.5, 0.6) is 0 Å². The van der Waals surface area contributed by atoms with Gasteiger partial charge < -0.3 is 0 Å². The lowest BCUT2D eigenvalue weighted by molar-refractivity contribution is 0.0849. The van der Waals surface area contributed by atoms with E-state index in [2.05, 4.69) is 4.76 Å². The predicted molar refractivity (Wildman–Crippen MR) is 91.5 cm³/mol. The van der Waals surface area contributed by atoms with Crippen molar-refractivity contribution in [3.63, 3.8) is 0 Å². The van der Waals surface area contributed by atoms with Crippen molar-refractivity contribution in [2.45, 2.75) is 12.7 Å². The summed E-state index contributed by atoms with van der Waals surface area (Å²) < 4.78 is 17.9. The van der Waals surface area contributed by atoms with Gasteiger partial charge in [0.05, 0.1) is 5.56 Å². The third kappa shape index (κ3) is 2.02. The zero-order chi connectivity index (χ0) is 16.2. The van der Waals surface area contributed by atoms with E-state index in [1.165, 1.54) is 0 Å². The molecule has 0 saturated carbocycles. The first-order chi connectivity index (χ1) is 11.0. The van der Waals surface area contributed by atoms with Crippen molar-refractivity contribution in [1.82, 2.24) is 4.90 Å². The average molecular weight is 345 g/mol. The lowest BCUT2D eigenvalue weighted by Gasteiger charge is -2.25. The second-order valence-electron chi connectivity index (χ2n) is 5.64. The molecule has 23 heavy (non-hydrogen) atoms. The molecule has 2 aliphatic rings. The monoisotopic (exact) mass is 344 g/mol. The second kappa shape index (κ2) is 5.05. The first kappa shape index (κ1) is 14.7. The first-order valence-electron chi connectivity index (χ1n) is 7.42. The number of halogens is 1. The van der Waals surface area contributed by atoms with Crippen LogP contribution in [0.1, 0.15) is 34.2 Å². The normalized spacial score (nSPS) is 25.3. The molecule has 6 heteroatoms. The molecule has 0 fully saturated rings. The van der Waals surface area contributed by atoms with Crippen molar-refractivity contribution in [2.24, 2.45) is 4.76 Å². The highest BCUT2D eigenvalue weighted by Gasteiger charge is 2.51. The summed E-state index contributed by atoms with van der Waals surface area (Å²) in [6.45, 7) is 1.85. The number of nitrogens with zero attached hydrogens (tertiary/aromatic N) is 2. The Morgan fingerprint density at radius 3 is 2.43 bits per heavy atom. The van der Waals surface area contributed by atoms with E-state index in [1.54, 1.807) is 23.1 Å². The van der Waals surface area contributed by atoms with Gasteiger partial charge in [-0.1, -0.05) is 48.9 Å². The molecule has 116 valence electrons. The van der Waals surface area contributed by atoms with Crippen LogP contribution >= 0.6 is 18.9 Å². The minimum absolute atomic E-state index is 0.134. The maximum Gasteiger partial charge on any atom is 0.261 e. The minimum Gasteiger partial charge on any atom is -0.296 e. The third-order valence-electron chi connectivity index (χ3n) is 4.36. The third-order valence-corrected chi connectivity index (χ3v) is 7.34. The molecule has 2 aromatic rings. The largest absolute Gasteiger partial charge is 0.296 e. The Labute approximate surface area is 139 Å². The highest BCUT2D eigenvalue weighted by atomic mass is 35.5. The molecular formula is C17H14ClN2O2P. The summed E-state index contributed by atoms with van der Waals surface area (Å²) in [5.41, 5.74) is 2.19. The fourth-order valence-corrected chi connectivity index (χ4v) is 5.67. The van der Waals surface area contributed by atoms with Crippen LogP contribution in [-0.4, -0.2) is 22.8 Å². The van der Waals surface area contributed by atoms with Crippen LogP contribution in [0.15, 0.2) is 53.3 Å². The molecule has 0 bridgehead atoms. The number of benzene rings is 2. The average Bonchev–Trinajstić information content (AvgIpc) is 3.02. The van der Waals surface area contributed by atoms with E-state index in [9.17, 15) is 9.36 Å². The van der Waals surface area contributed by atoms with Gasteiger partial charge in [-0.15, -0.1) is 0 Å². The summed E-state index contributed by atoms with van der Waals surface area (Å²) in [6, 6.07) is 14.5. The lowest BCUT2D eigenvalue weighted by atomic mass is 10.1. The quantitative estimate of drug-likeness (QED) is 0.750. The van der Waals surface area contributed by atoms with Crippen molar-refractivity contribution in [2.75, 3.05) is 6.16 Å². The van der Waals surface area contributed by atoms with Crippen LogP contribution in [0, 0.1) is 0 Å². The highest BCUT2D eigenvalue weighted by molar-refractivity contribution is 7.63. The smallest absolute Gasteiger partial charge is 0.261 e. The number of carbonyl (C=O) groups excluding carboxylic acids is 1. The van der Waals surface area contributed by atoms with Gasteiger partial charge in [0.25, 0.3) is 5.91 Å². The van der Waals surface area contributed by atoms with E-state index in [4.69, 9.17) is 11.6 Å². The fourth-order valence-electron chi connectivity index (χ4n) is 3.21. The summed E-state index contributed by atoms with van der Waals surface area (Å²) in [5.74, 6) is -0.138. The molecule has 0 aromatic heterocycles. The summed E-state index contributed by atoms with van der Waals surface area (Å²) in [7, 11) is -2.92. The van der Waals surface area contributed by atoms with Gasteiger partial charge in [0, 0.05) is 16.7 Å². The molecule has 2 atom stereocenters. The molecular weight excluding hydrogens is 331 g/mol. The number of carbonyl (C=O) groups is 1. The molecule has 2 aromatic carbocycles. The number of fused-ring (bicyclic) bond motifs is 3. The maximum atomic E-state index is 13.4. The highest BCUT2D eigenvalue weighted by Crippen LogP contribution is 2.67. The minimum atomic E-state index is -2.92. The van der Waals surface area contributed by atoms with Gasteiger partial charge in [-0.3, -0.25) is 14.3 Å². The van der Waals surface area contributed by atoms with Gasteiger partial charge in [0.15, 0.2) is 0 Å². The molecule has 0 saturated heterocycles. The number of hydrogen-bond donors (Lipinski definition) is 0. The Bertz CT molecular complexity index is 892. The molecule has 0 aliphatic carbocycles. The number of rotatable bonds is 2. The molecule has 1 amide bonds. The van der Waals surface area contributed by atoms with Gasteiger partial charge in [0.2, 0.25) is 7.29 Å². The van der Waals surface area contributed by atoms with E-state index in [0.717, 1.165) is 11.1 Å². The molecule has 2 unspecified atom stereocenters. The van der Waals surface area contributed by atoms with Crippen molar-refractivity contribution in [3.8, 4) is 0 Å². The summed E-state index contributed by atoms with van der Waals surface area (Å²) in [6.07, 6.45) is 0.412. The van der Waals surface area contributed by atoms with Crippen LogP contribution in [-0.2, 0) is 4.57 Å². The Hall–Kier alpha value is -1.90. The predicted octanol–water partition coefficient (Wildman–Crippen LogP) is 4.55. The number of amides is 1. The fraction of sp³-hybridized carbons (Fsp3) is 0.176. The molecule has 2 heterocycles. The van der Waals surface area contributed by atoms with Crippen LogP contribution in [0.3, 0.4) is 0 Å². The summed E-state index contributed by atoms with van der Waals surface area (Å²) >= 11 is 5.96. The zero-order valence-corrected chi connectivity index (χ0v) is 14.1. The van der Waals surface area contributed by atoms with Crippen LogP contribution in [0.25, 0.3) is 0 Å². The van der Waals surface area contributed by atoms with Crippen molar-refractivity contribution < 1.29 is 9.36 Å². The molecule has 2 aliphatic heterocycles. The van der Waals surface area contributed by atoms with Crippen molar-refractivity contribution >= 4 is 30.6 Å². The van der Waals surface area contributed by atoms with E-state index in [1.807, 2.05) is 37.3 Å². The van der Waals surface area contributed by atoms with Crippen LogP contribution in [0.4, 0.5) is 0 Å². The maximum absolute atomic E-state index is 13.4. The van der Waals surface area contributed by atoms with Gasteiger partial charge in [-0.05, 0) is 23.8 Å². The van der Waals surface area contributed by atoms with Crippen molar-refractivity contribution in [1.29, 1.82) is 0 Å². The summed E-state index contributed by atoms with van der Waals surface area (Å²) in [4.78, 5) is 14.4.